The number of anilines is 1. The van der Waals surface area contributed by atoms with Gasteiger partial charge >= 0.3 is 0 Å². The Kier molecular flexibility index (Phi) is 8.02. The lowest BCUT2D eigenvalue weighted by atomic mass is 9.95. The number of rotatable bonds is 8. The summed E-state index contributed by atoms with van der Waals surface area (Å²) in [5, 5.41) is 21.5. The Morgan fingerprint density at radius 1 is 1.22 bits per heavy atom. The lowest BCUT2D eigenvalue weighted by Crippen LogP contribution is -2.46. The van der Waals surface area contributed by atoms with E-state index < -0.39 is 21.3 Å². The lowest BCUT2D eigenvalue weighted by molar-refractivity contribution is 0.0444. The topological polar surface area (TPSA) is 141 Å². The molecule has 0 bridgehead atoms. The summed E-state index contributed by atoms with van der Waals surface area (Å²) in [6.07, 6.45) is 4.32. The quantitative estimate of drug-likeness (QED) is 0.145. The van der Waals surface area contributed by atoms with Crippen molar-refractivity contribution in [2.24, 2.45) is 4.99 Å². The zero-order valence-electron chi connectivity index (χ0n) is 25.0. The van der Waals surface area contributed by atoms with Crippen LogP contribution in [0.1, 0.15) is 36.5 Å². The highest BCUT2D eigenvalue weighted by atomic mass is 32.2. The van der Waals surface area contributed by atoms with Crippen LogP contribution in [0, 0.1) is 17.1 Å². The molecule has 3 aromatic heterocycles. The van der Waals surface area contributed by atoms with E-state index in [2.05, 4.69) is 21.0 Å². The molecule has 1 N–H and O–H groups in total. The number of piperidine rings is 1. The molecule has 0 aliphatic carbocycles. The van der Waals surface area contributed by atoms with Gasteiger partial charge in [-0.25, -0.2) is 22.8 Å². The Hall–Kier alpha value is -4.45. The minimum atomic E-state index is -3.98. The number of nitrogens with zero attached hydrogens (tertiary/aromatic N) is 8. The number of aliphatic imine (C=N–C) groups is 1. The number of fused-ring (bicyclic) bond motifs is 2. The molecule has 1 atom stereocenters. The molecular weight excluding hydrogens is 616 g/mol. The normalized spacial score (nSPS) is 17.4. The van der Waals surface area contributed by atoms with Crippen LogP contribution >= 0.6 is 11.3 Å². The van der Waals surface area contributed by atoms with Crippen molar-refractivity contribution in [3.05, 3.63) is 71.3 Å². The highest BCUT2D eigenvalue weighted by molar-refractivity contribution is 7.90. The first-order chi connectivity index (χ1) is 21.5. The molecule has 0 spiro atoms. The Morgan fingerprint density at radius 2 is 2.00 bits per heavy atom. The second kappa shape index (κ2) is 11.8. The average Bonchev–Trinajstić information content (AvgIpc) is 3.58. The van der Waals surface area contributed by atoms with Gasteiger partial charge in [0.2, 0.25) is 15.8 Å². The molecule has 11 nitrogen and oxygen atoms in total. The summed E-state index contributed by atoms with van der Waals surface area (Å²) in [4.78, 5) is 21.7. The molecule has 1 saturated heterocycles. The fourth-order valence-electron chi connectivity index (χ4n) is 5.54. The monoisotopic (exact) mass is 646 g/mol. The molecule has 2 aromatic carbocycles. The van der Waals surface area contributed by atoms with Gasteiger partial charge in [0.25, 0.3) is 0 Å². The smallest absolute Gasteiger partial charge is 0.228 e. The SMILES string of the molecule is CN(C)C=Nc1sc2c(F)ccc(Cn3cnc4c(S(=O)(=O)Cc5ccccc5)nc(N5CCC[C@](C)(O)C5)nc43)c2c1C#N. The van der Waals surface area contributed by atoms with Crippen LogP contribution in [0.3, 0.4) is 0 Å². The van der Waals surface area contributed by atoms with E-state index in [0.29, 0.717) is 45.6 Å². The van der Waals surface area contributed by atoms with Crippen LogP contribution in [-0.2, 0) is 22.1 Å². The third kappa shape index (κ3) is 6.11. The van der Waals surface area contributed by atoms with E-state index in [1.54, 1.807) is 72.1 Å². The third-order valence-corrected chi connectivity index (χ3v) is 10.3. The zero-order chi connectivity index (χ0) is 31.9. The van der Waals surface area contributed by atoms with Crippen molar-refractivity contribution in [3.8, 4) is 6.07 Å². The maximum atomic E-state index is 15.0. The molecule has 5 aromatic rings. The van der Waals surface area contributed by atoms with E-state index in [1.807, 2.05) is 6.07 Å². The summed E-state index contributed by atoms with van der Waals surface area (Å²) in [5.41, 5.74) is 0.879. The fourth-order valence-corrected chi connectivity index (χ4v) is 8.01. The highest BCUT2D eigenvalue weighted by Crippen LogP contribution is 2.41. The van der Waals surface area contributed by atoms with Crippen LogP contribution in [0.15, 0.2) is 58.8 Å². The molecule has 45 heavy (non-hydrogen) atoms. The number of hydrogen-bond donors (Lipinski definition) is 1. The minimum Gasteiger partial charge on any atom is -0.388 e. The van der Waals surface area contributed by atoms with Gasteiger partial charge in [-0.1, -0.05) is 36.4 Å². The van der Waals surface area contributed by atoms with Gasteiger partial charge in [0, 0.05) is 32.6 Å². The zero-order valence-corrected chi connectivity index (χ0v) is 26.6. The van der Waals surface area contributed by atoms with Crippen LogP contribution in [-0.4, -0.2) is 77.1 Å². The van der Waals surface area contributed by atoms with Gasteiger partial charge in [-0.15, -0.1) is 11.3 Å². The van der Waals surface area contributed by atoms with Crippen LogP contribution in [0.2, 0.25) is 0 Å². The summed E-state index contributed by atoms with van der Waals surface area (Å²) in [6.45, 7) is 2.64. The summed E-state index contributed by atoms with van der Waals surface area (Å²) in [7, 11) is -0.377. The maximum Gasteiger partial charge on any atom is 0.228 e. The van der Waals surface area contributed by atoms with Gasteiger partial charge in [0.1, 0.15) is 22.4 Å². The number of aliphatic hydroxyl groups is 1. The Bertz CT molecular complexity index is 2080. The molecule has 232 valence electrons. The molecule has 0 amide bonds. The number of nitriles is 1. The number of halogens is 1. The van der Waals surface area contributed by atoms with Crippen molar-refractivity contribution in [3.63, 3.8) is 0 Å². The molecule has 14 heteroatoms. The number of benzene rings is 2. The molecule has 0 saturated carbocycles. The van der Waals surface area contributed by atoms with E-state index in [0.717, 1.165) is 11.3 Å². The summed E-state index contributed by atoms with van der Waals surface area (Å²) >= 11 is 1.09. The van der Waals surface area contributed by atoms with Gasteiger partial charge in [-0.3, -0.25) is 0 Å². The van der Waals surface area contributed by atoms with Gasteiger partial charge in [-0.05, 0) is 37.0 Å². The van der Waals surface area contributed by atoms with Gasteiger partial charge in [0.15, 0.2) is 10.7 Å². The van der Waals surface area contributed by atoms with Gasteiger partial charge in [0.05, 0.1) is 40.8 Å². The molecule has 1 aliphatic rings. The lowest BCUT2D eigenvalue weighted by Gasteiger charge is -2.36. The van der Waals surface area contributed by atoms with Crippen molar-refractivity contribution in [1.82, 2.24) is 24.4 Å². The van der Waals surface area contributed by atoms with Gasteiger partial charge < -0.3 is 19.5 Å². The minimum absolute atomic E-state index is 0.110. The van der Waals surface area contributed by atoms with Crippen molar-refractivity contribution in [2.45, 2.75) is 42.7 Å². The third-order valence-electron chi connectivity index (χ3n) is 7.59. The number of imidazole rings is 1. The van der Waals surface area contributed by atoms with Crippen molar-refractivity contribution in [2.75, 3.05) is 32.1 Å². The molecule has 4 heterocycles. The number of thiophene rings is 1. The van der Waals surface area contributed by atoms with E-state index in [9.17, 15) is 18.8 Å². The Balaban J connectivity index is 1.50. The molecule has 6 rings (SSSR count). The van der Waals surface area contributed by atoms with Crippen molar-refractivity contribution in [1.29, 1.82) is 5.26 Å². The van der Waals surface area contributed by atoms with E-state index >= 15 is 4.39 Å². The Morgan fingerprint density at radius 3 is 2.71 bits per heavy atom. The number of aromatic nitrogens is 4. The predicted molar refractivity (Wildman–Crippen MR) is 172 cm³/mol. The van der Waals surface area contributed by atoms with E-state index in [4.69, 9.17) is 4.98 Å². The highest BCUT2D eigenvalue weighted by Gasteiger charge is 2.32. The number of hydrogen-bond acceptors (Lipinski definition) is 10. The first-order valence-electron chi connectivity index (χ1n) is 14.3. The van der Waals surface area contributed by atoms with Gasteiger partial charge in [-0.2, -0.15) is 15.2 Å². The maximum absolute atomic E-state index is 15.0. The van der Waals surface area contributed by atoms with Crippen molar-refractivity contribution < 1.29 is 17.9 Å². The molecule has 0 unspecified atom stereocenters. The molecule has 1 aliphatic heterocycles. The standard InChI is InChI=1S/C31H31FN8O3S2/c1-31(41)12-7-13-39(17-31)30-36-27-25(29(37-30)45(42,43)16-20-8-5-4-6-9-20)34-19-40(27)15-21-10-11-23(32)26-24(21)22(14-33)28(44-26)35-18-38(2)3/h4-6,8-11,18-19,41H,7,12-13,15-17H2,1-3H3/t31-/m0/s1. The summed E-state index contributed by atoms with van der Waals surface area (Å²) in [5.74, 6) is -0.569. The first kappa shape index (κ1) is 30.6. The second-order valence-electron chi connectivity index (χ2n) is 11.7. The van der Waals surface area contributed by atoms with Crippen molar-refractivity contribution >= 4 is 59.7 Å². The summed E-state index contributed by atoms with van der Waals surface area (Å²) in [6, 6.07) is 14.0. The molecular formula is C31H31FN8O3S2. The van der Waals surface area contributed by atoms with Crippen LogP contribution in [0.25, 0.3) is 21.3 Å². The van der Waals surface area contributed by atoms with Crippen LogP contribution in [0.5, 0.6) is 0 Å². The average molecular weight is 647 g/mol. The largest absolute Gasteiger partial charge is 0.388 e. The first-order valence-corrected chi connectivity index (χ1v) is 16.7. The molecule has 0 radical (unpaired) electrons. The molecule has 1 fully saturated rings. The summed E-state index contributed by atoms with van der Waals surface area (Å²) < 4.78 is 44.7. The fraction of sp³-hybridized carbons (Fsp3) is 0.323. The number of sulfone groups is 1. The predicted octanol–water partition coefficient (Wildman–Crippen LogP) is 4.65. The second-order valence-corrected chi connectivity index (χ2v) is 14.6. The Labute approximate surface area is 263 Å². The van der Waals surface area contributed by atoms with E-state index in [-0.39, 0.29) is 46.5 Å². The van der Waals surface area contributed by atoms with Crippen LogP contribution < -0.4 is 4.90 Å². The van der Waals surface area contributed by atoms with E-state index in [1.165, 1.54) is 12.4 Å². The van der Waals surface area contributed by atoms with Crippen LogP contribution in [0.4, 0.5) is 15.3 Å². The number of β-amino-alcohol motifs (C(OH)–C–C–N with tert-alkyl or cyclic N) is 1.